The van der Waals surface area contributed by atoms with Crippen LogP contribution in [0.4, 0.5) is 0 Å². The van der Waals surface area contributed by atoms with Crippen LogP contribution in [0.15, 0.2) is 0 Å². The van der Waals surface area contributed by atoms with Gasteiger partial charge in [0, 0.05) is 49.2 Å². The third-order valence-corrected chi connectivity index (χ3v) is 0.837. The minimum Gasteiger partial charge on any atom is -0.481 e. The standard InChI is InChI=1S/C5H12N2O2.Na/c6-2-4-7-3-1-5(8)9;/h7H,1-4,6H2,(H,8,9);. The molecule has 0 atom stereocenters. The van der Waals surface area contributed by atoms with Crippen LogP contribution in [-0.2, 0) is 4.79 Å². The summed E-state index contributed by atoms with van der Waals surface area (Å²) in [5.41, 5.74) is 5.14. The first kappa shape index (κ1) is 13.0. The summed E-state index contributed by atoms with van der Waals surface area (Å²) in [7, 11) is 0. The number of carboxylic acids is 1. The van der Waals surface area contributed by atoms with Crippen molar-refractivity contribution >= 4 is 35.5 Å². The number of hydrogen-bond acceptors (Lipinski definition) is 3. The Morgan fingerprint density at radius 1 is 1.50 bits per heavy atom. The molecular formula is C5H12N2NaO2. The van der Waals surface area contributed by atoms with Crippen molar-refractivity contribution in [1.82, 2.24) is 5.32 Å². The van der Waals surface area contributed by atoms with E-state index in [-0.39, 0.29) is 36.0 Å². The molecule has 10 heavy (non-hydrogen) atoms. The van der Waals surface area contributed by atoms with Crippen LogP contribution in [0.1, 0.15) is 6.42 Å². The smallest absolute Gasteiger partial charge is 0.304 e. The number of rotatable bonds is 5. The van der Waals surface area contributed by atoms with Crippen LogP contribution in [0.5, 0.6) is 0 Å². The number of nitrogens with one attached hydrogen (secondary N) is 1. The van der Waals surface area contributed by atoms with Crippen LogP contribution in [0.2, 0.25) is 0 Å². The Hall–Kier alpha value is 0.390. The molecule has 4 N–H and O–H groups in total. The van der Waals surface area contributed by atoms with Crippen LogP contribution in [-0.4, -0.2) is 60.3 Å². The Morgan fingerprint density at radius 3 is 2.50 bits per heavy atom. The summed E-state index contributed by atoms with van der Waals surface area (Å²) in [5.74, 6) is -0.778. The number of carboxylic acid groups (broad SMARTS) is 1. The van der Waals surface area contributed by atoms with E-state index in [1.807, 2.05) is 0 Å². The van der Waals surface area contributed by atoms with Gasteiger partial charge in [-0.05, 0) is 0 Å². The molecule has 0 fully saturated rings. The van der Waals surface area contributed by atoms with E-state index >= 15 is 0 Å². The Bertz CT molecular complexity index is 89.7. The molecule has 0 aromatic heterocycles. The molecule has 5 heteroatoms. The normalized spacial score (nSPS) is 8.50. The predicted octanol–water partition coefficient (Wildman–Crippen LogP) is -1.37. The van der Waals surface area contributed by atoms with E-state index in [9.17, 15) is 4.79 Å². The van der Waals surface area contributed by atoms with Gasteiger partial charge in [-0.1, -0.05) is 0 Å². The zero-order valence-electron chi connectivity index (χ0n) is 6.26. The van der Waals surface area contributed by atoms with Crippen LogP contribution in [0, 0.1) is 0 Å². The largest absolute Gasteiger partial charge is 0.481 e. The quantitative estimate of drug-likeness (QED) is 0.338. The fourth-order valence-corrected chi connectivity index (χ4v) is 0.422. The van der Waals surface area contributed by atoms with E-state index in [0.29, 0.717) is 19.6 Å². The molecule has 0 saturated carbocycles. The van der Waals surface area contributed by atoms with E-state index in [1.54, 1.807) is 0 Å². The van der Waals surface area contributed by atoms with Crippen LogP contribution >= 0.6 is 0 Å². The first-order chi connectivity index (χ1) is 4.27. The van der Waals surface area contributed by atoms with Crippen molar-refractivity contribution in [3.63, 3.8) is 0 Å². The van der Waals surface area contributed by atoms with Gasteiger partial charge in [0.25, 0.3) is 0 Å². The second-order valence-electron chi connectivity index (χ2n) is 1.68. The minimum absolute atomic E-state index is 0. The summed E-state index contributed by atoms with van der Waals surface area (Å²) in [6.45, 7) is 1.75. The van der Waals surface area contributed by atoms with Crippen molar-refractivity contribution in [1.29, 1.82) is 0 Å². The van der Waals surface area contributed by atoms with Gasteiger partial charge >= 0.3 is 5.97 Å². The first-order valence-electron chi connectivity index (χ1n) is 2.90. The molecular weight excluding hydrogens is 143 g/mol. The number of carbonyl (C=O) groups is 1. The van der Waals surface area contributed by atoms with E-state index in [1.165, 1.54) is 0 Å². The maximum Gasteiger partial charge on any atom is 0.304 e. The molecule has 0 saturated heterocycles. The van der Waals surface area contributed by atoms with Gasteiger partial charge in [0.15, 0.2) is 0 Å². The molecule has 55 valence electrons. The molecule has 0 aromatic carbocycles. The van der Waals surface area contributed by atoms with Gasteiger partial charge < -0.3 is 16.2 Å². The van der Waals surface area contributed by atoms with Gasteiger partial charge in [0.1, 0.15) is 0 Å². The Balaban J connectivity index is 0. The van der Waals surface area contributed by atoms with Gasteiger partial charge in [-0.15, -0.1) is 0 Å². The molecule has 0 amide bonds. The number of aliphatic carboxylic acids is 1. The summed E-state index contributed by atoms with van der Waals surface area (Å²) >= 11 is 0. The molecule has 0 heterocycles. The number of nitrogens with two attached hydrogens (primary N) is 1. The minimum atomic E-state index is -0.778. The molecule has 0 aliphatic heterocycles. The van der Waals surface area contributed by atoms with Gasteiger partial charge in [-0.2, -0.15) is 0 Å². The third kappa shape index (κ3) is 11.2. The molecule has 0 aliphatic carbocycles. The van der Waals surface area contributed by atoms with Crippen molar-refractivity contribution in [2.24, 2.45) is 5.73 Å². The Labute approximate surface area is 82.5 Å². The van der Waals surface area contributed by atoms with E-state index < -0.39 is 5.97 Å². The second-order valence-corrected chi connectivity index (χ2v) is 1.68. The molecule has 0 bridgehead atoms. The first-order valence-corrected chi connectivity index (χ1v) is 2.90. The van der Waals surface area contributed by atoms with Gasteiger partial charge in [-0.3, -0.25) is 4.79 Å². The SMILES string of the molecule is NCCNCCC(=O)O.[Na]. The van der Waals surface area contributed by atoms with Crippen molar-refractivity contribution in [2.45, 2.75) is 6.42 Å². The molecule has 0 spiro atoms. The van der Waals surface area contributed by atoms with Crippen molar-refractivity contribution in [3.05, 3.63) is 0 Å². The fraction of sp³-hybridized carbons (Fsp3) is 0.800. The number of hydrogen-bond donors (Lipinski definition) is 3. The summed E-state index contributed by atoms with van der Waals surface area (Å²) in [6.07, 6.45) is 0.167. The topological polar surface area (TPSA) is 75.3 Å². The molecule has 1 radical (unpaired) electrons. The second kappa shape index (κ2) is 9.39. The third-order valence-electron chi connectivity index (χ3n) is 0.837. The van der Waals surface area contributed by atoms with Crippen molar-refractivity contribution < 1.29 is 9.90 Å². The molecule has 0 aliphatic rings. The van der Waals surface area contributed by atoms with Crippen LogP contribution in [0.25, 0.3) is 0 Å². The molecule has 4 nitrogen and oxygen atoms in total. The Kier molecular flexibility index (Phi) is 12.2. The average molecular weight is 155 g/mol. The predicted molar refractivity (Wildman–Crippen MR) is 39.9 cm³/mol. The summed E-state index contributed by atoms with van der Waals surface area (Å²) < 4.78 is 0. The Morgan fingerprint density at radius 2 is 2.10 bits per heavy atom. The van der Waals surface area contributed by atoms with Gasteiger partial charge in [0.05, 0.1) is 6.42 Å². The fourth-order valence-electron chi connectivity index (χ4n) is 0.422. The molecule has 0 aromatic rings. The zero-order chi connectivity index (χ0) is 7.11. The molecule has 0 unspecified atom stereocenters. The van der Waals surface area contributed by atoms with E-state index in [2.05, 4.69) is 5.32 Å². The monoisotopic (exact) mass is 155 g/mol. The maximum absolute atomic E-state index is 9.89. The molecule has 0 rings (SSSR count). The van der Waals surface area contributed by atoms with Crippen LogP contribution in [0.3, 0.4) is 0 Å². The van der Waals surface area contributed by atoms with Crippen LogP contribution < -0.4 is 11.1 Å². The van der Waals surface area contributed by atoms with Crippen molar-refractivity contribution in [2.75, 3.05) is 19.6 Å². The van der Waals surface area contributed by atoms with E-state index in [0.717, 1.165) is 0 Å². The summed E-state index contributed by atoms with van der Waals surface area (Å²) in [4.78, 5) is 9.89. The summed E-state index contributed by atoms with van der Waals surface area (Å²) in [6, 6.07) is 0. The average Bonchev–Trinajstić information content (AvgIpc) is 1.80. The van der Waals surface area contributed by atoms with Gasteiger partial charge in [-0.25, -0.2) is 0 Å². The van der Waals surface area contributed by atoms with E-state index in [4.69, 9.17) is 10.8 Å². The summed E-state index contributed by atoms with van der Waals surface area (Å²) in [5, 5.41) is 11.0. The van der Waals surface area contributed by atoms with Gasteiger partial charge in [0.2, 0.25) is 0 Å². The van der Waals surface area contributed by atoms with Crippen molar-refractivity contribution in [3.8, 4) is 0 Å². The zero-order valence-corrected chi connectivity index (χ0v) is 8.26. The maximum atomic E-state index is 9.89.